The van der Waals surface area contributed by atoms with Gasteiger partial charge in [-0.05, 0) is 85.7 Å². The van der Waals surface area contributed by atoms with Crippen molar-refractivity contribution in [1.29, 1.82) is 0 Å². The average Bonchev–Trinajstić information content (AvgIpc) is 3.57. The Morgan fingerprint density at radius 2 is 1.73 bits per heavy atom. The molecule has 2 N–H and O–H groups in total. The molecule has 2 amide bonds. The summed E-state index contributed by atoms with van der Waals surface area (Å²) in [4.78, 5) is 49.0. The summed E-state index contributed by atoms with van der Waals surface area (Å²) in [5.41, 5.74) is 2.34. The standard InChI is InChI=1S/C31H29NO8/c1-38-28(34)13-8-19-15-20(29(35)24-11-9-22(16-26(24)33)40-21-4-2-3-5-21)7-12-27(19)39-17-18-6-10-23-25(14-18)31(37)32-30(23)36/h6-7,9-12,14-16,21,33H,2-5,8,13,17H2,1H3,(H,32,36,37). The van der Waals surface area contributed by atoms with Crippen molar-refractivity contribution in [3.63, 3.8) is 0 Å². The number of nitrogens with one attached hydrogen (secondary N) is 1. The predicted octanol–water partition coefficient (Wildman–Crippen LogP) is 4.51. The molecule has 9 nitrogen and oxygen atoms in total. The van der Waals surface area contributed by atoms with Gasteiger partial charge in [0.2, 0.25) is 0 Å². The molecule has 3 aromatic rings. The topological polar surface area (TPSA) is 128 Å². The van der Waals surface area contributed by atoms with Crippen LogP contribution in [0.5, 0.6) is 17.2 Å². The fraction of sp³-hybridized carbons (Fsp3) is 0.290. The van der Waals surface area contributed by atoms with Crippen LogP contribution in [0, 0.1) is 0 Å². The fourth-order valence-corrected chi connectivity index (χ4v) is 4.99. The molecule has 1 saturated carbocycles. The summed E-state index contributed by atoms with van der Waals surface area (Å²) in [5.74, 6) is -0.874. The van der Waals surface area contributed by atoms with Crippen LogP contribution in [0.1, 0.15) is 79.9 Å². The molecule has 1 aliphatic carbocycles. The number of ketones is 1. The van der Waals surface area contributed by atoms with E-state index in [1.165, 1.54) is 13.2 Å². The minimum absolute atomic E-state index is 0.0735. The second-order valence-corrected chi connectivity index (χ2v) is 9.88. The first kappa shape index (κ1) is 26.9. The molecule has 1 aliphatic heterocycles. The zero-order valence-corrected chi connectivity index (χ0v) is 22.0. The highest BCUT2D eigenvalue weighted by Gasteiger charge is 2.27. The number of phenolic OH excluding ortho intramolecular Hbond substituents is 1. The largest absolute Gasteiger partial charge is 0.507 e. The van der Waals surface area contributed by atoms with Crippen molar-refractivity contribution < 1.29 is 38.5 Å². The SMILES string of the molecule is COC(=O)CCc1cc(C(=O)c2ccc(OC3CCCC3)cc2O)ccc1OCc1ccc2c(c1)C(=O)NC2=O. The first-order chi connectivity index (χ1) is 19.3. The summed E-state index contributed by atoms with van der Waals surface area (Å²) in [5, 5.41) is 12.9. The van der Waals surface area contributed by atoms with Crippen LogP contribution >= 0.6 is 0 Å². The molecular weight excluding hydrogens is 514 g/mol. The number of carbonyl (C=O) groups excluding carboxylic acids is 4. The van der Waals surface area contributed by atoms with Gasteiger partial charge in [-0.15, -0.1) is 0 Å². The molecule has 40 heavy (non-hydrogen) atoms. The number of fused-ring (bicyclic) bond motifs is 1. The summed E-state index contributed by atoms with van der Waals surface area (Å²) >= 11 is 0. The van der Waals surface area contributed by atoms with Gasteiger partial charge in [-0.1, -0.05) is 6.07 Å². The number of imide groups is 1. The lowest BCUT2D eigenvalue weighted by Gasteiger charge is -2.15. The number of benzene rings is 3. The van der Waals surface area contributed by atoms with E-state index in [4.69, 9.17) is 14.2 Å². The third kappa shape index (κ3) is 5.83. The van der Waals surface area contributed by atoms with Crippen LogP contribution in [0.15, 0.2) is 54.6 Å². The predicted molar refractivity (Wildman–Crippen MR) is 144 cm³/mol. The molecule has 1 heterocycles. The molecule has 0 radical (unpaired) electrons. The van der Waals surface area contributed by atoms with E-state index in [1.54, 1.807) is 48.5 Å². The number of esters is 1. The molecule has 0 aromatic heterocycles. The summed E-state index contributed by atoms with van der Waals surface area (Å²) in [6, 6.07) is 14.4. The van der Waals surface area contributed by atoms with Crippen LogP contribution in [-0.4, -0.2) is 41.9 Å². The number of methoxy groups -OCH3 is 1. The van der Waals surface area contributed by atoms with Crippen LogP contribution in [0.25, 0.3) is 0 Å². The van der Waals surface area contributed by atoms with Crippen molar-refractivity contribution in [2.24, 2.45) is 0 Å². The molecule has 1 fully saturated rings. The monoisotopic (exact) mass is 543 g/mol. The van der Waals surface area contributed by atoms with Crippen molar-refractivity contribution in [2.75, 3.05) is 7.11 Å². The van der Waals surface area contributed by atoms with Crippen molar-refractivity contribution in [3.05, 3.63) is 88.0 Å². The molecule has 0 bridgehead atoms. The number of phenols is 1. The number of ether oxygens (including phenoxy) is 3. The van der Waals surface area contributed by atoms with Crippen LogP contribution < -0.4 is 14.8 Å². The third-order valence-corrected chi connectivity index (χ3v) is 7.16. The number of carbonyl (C=O) groups is 4. The third-order valence-electron chi connectivity index (χ3n) is 7.16. The minimum atomic E-state index is -0.454. The molecule has 0 atom stereocenters. The molecule has 3 aromatic carbocycles. The summed E-state index contributed by atoms with van der Waals surface area (Å²) in [6.45, 7) is 0.0938. The highest BCUT2D eigenvalue weighted by molar-refractivity contribution is 6.21. The summed E-state index contributed by atoms with van der Waals surface area (Å²) in [7, 11) is 1.30. The van der Waals surface area contributed by atoms with Crippen LogP contribution in [0.4, 0.5) is 0 Å². The molecule has 206 valence electrons. The molecular formula is C31H29NO8. The van der Waals surface area contributed by atoms with Gasteiger partial charge in [0.15, 0.2) is 5.78 Å². The van der Waals surface area contributed by atoms with E-state index in [0.29, 0.717) is 33.8 Å². The summed E-state index contributed by atoms with van der Waals surface area (Å²) in [6.07, 6.45) is 4.65. The Labute approximate surface area is 231 Å². The van der Waals surface area contributed by atoms with Crippen LogP contribution in [0.2, 0.25) is 0 Å². The van der Waals surface area contributed by atoms with Gasteiger partial charge in [0, 0.05) is 18.1 Å². The first-order valence-electron chi connectivity index (χ1n) is 13.2. The minimum Gasteiger partial charge on any atom is -0.507 e. The zero-order valence-electron chi connectivity index (χ0n) is 22.0. The molecule has 0 unspecified atom stereocenters. The Morgan fingerprint density at radius 3 is 2.48 bits per heavy atom. The van der Waals surface area contributed by atoms with Gasteiger partial charge in [0.1, 0.15) is 23.9 Å². The number of hydrogen-bond donors (Lipinski definition) is 2. The van der Waals surface area contributed by atoms with Crippen molar-refractivity contribution in [3.8, 4) is 17.2 Å². The second kappa shape index (κ2) is 11.6. The average molecular weight is 544 g/mol. The smallest absolute Gasteiger partial charge is 0.305 e. The van der Waals surface area contributed by atoms with Gasteiger partial charge < -0.3 is 19.3 Å². The van der Waals surface area contributed by atoms with E-state index in [2.05, 4.69) is 5.32 Å². The maximum atomic E-state index is 13.3. The number of aryl methyl sites for hydroxylation is 1. The van der Waals surface area contributed by atoms with Crippen molar-refractivity contribution in [1.82, 2.24) is 5.32 Å². The quantitative estimate of drug-likeness (QED) is 0.217. The molecule has 0 saturated heterocycles. The number of amides is 2. The van der Waals surface area contributed by atoms with E-state index in [0.717, 1.165) is 25.7 Å². The Hall–Kier alpha value is -4.66. The van der Waals surface area contributed by atoms with E-state index >= 15 is 0 Å². The number of rotatable bonds is 10. The van der Waals surface area contributed by atoms with Crippen molar-refractivity contribution >= 4 is 23.6 Å². The lowest BCUT2D eigenvalue weighted by molar-refractivity contribution is -0.140. The highest BCUT2D eigenvalue weighted by Crippen LogP contribution is 2.31. The normalized spacial score (nSPS) is 14.5. The van der Waals surface area contributed by atoms with Gasteiger partial charge >= 0.3 is 5.97 Å². The second-order valence-electron chi connectivity index (χ2n) is 9.88. The van der Waals surface area contributed by atoms with E-state index < -0.39 is 17.8 Å². The Bertz CT molecular complexity index is 1490. The molecule has 9 heteroatoms. The van der Waals surface area contributed by atoms with Gasteiger partial charge in [-0.25, -0.2) is 0 Å². The first-order valence-corrected chi connectivity index (χ1v) is 13.2. The Balaban J connectivity index is 1.35. The zero-order chi connectivity index (χ0) is 28.2. The van der Waals surface area contributed by atoms with Gasteiger partial charge in [0.05, 0.1) is 29.9 Å². The van der Waals surface area contributed by atoms with Gasteiger partial charge in [0.25, 0.3) is 11.8 Å². The van der Waals surface area contributed by atoms with E-state index in [9.17, 15) is 24.3 Å². The lowest BCUT2D eigenvalue weighted by atomic mass is 9.98. The Kier molecular flexibility index (Phi) is 7.82. The Morgan fingerprint density at radius 1 is 0.950 bits per heavy atom. The fourth-order valence-electron chi connectivity index (χ4n) is 4.99. The van der Waals surface area contributed by atoms with Crippen LogP contribution in [-0.2, 0) is 22.6 Å². The molecule has 0 spiro atoms. The molecule has 5 rings (SSSR count). The van der Waals surface area contributed by atoms with E-state index in [1.807, 2.05) is 0 Å². The maximum absolute atomic E-state index is 13.3. The summed E-state index contributed by atoms with van der Waals surface area (Å²) < 4.78 is 16.7. The van der Waals surface area contributed by atoms with E-state index in [-0.39, 0.29) is 48.2 Å². The van der Waals surface area contributed by atoms with Gasteiger partial charge in [-0.3, -0.25) is 24.5 Å². The maximum Gasteiger partial charge on any atom is 0.305 e. The van der Waals surface area contributed by atoms with Gasteiger partial charge in [-0.2, -0.15) is 0 Å². The van der Waals surface area contributed by atoms with Crippen molar-refractivity contribution in [2.45, 2.75) is 51.2 Å². The number of hydrogen-bond acceptors (Lipinski definition) is 8. The van der Waals surface area contributed by atoms with Crippen LogP contribution in [0.3, 0.4) is 0 Å². The molecule has 2 aliphatic rings. The lowest BCUT2D eigenvalue weighted by Crippen LogP contribution is -2.19. The number of aromatic hydroxyl groups is 1. The highest BCUT2D eigenvalue weighted by atomic mass is 16.5.